The van der Waals surface area contributed by atoms with Crippen LogP contribution in [0, 0.1) is 6.92 Å². The molecule has 0 fully saturated rings. The highest BCUT2D eigenvalue weighted by Gasteiger charge is 2.09. The molecule has 0 aliphatic carbocycles. The predicted molar refractivity (Wildman–Crippen MR) is 67.0 cm³/mol. The van der Waals surface area contributed by atoms with Crippen molar-refractivity contribution >= 4 is 22.8 Å². The summed E-state index contributed by atoms with van der Waals surface area (Å²) in [5.74, 6) is 1.63. The van der Waals surface area contributed by atoms with Gasteiger partial charge in [-0.1, -0.05) is 0 Å². The molecule has 92 valence electrons. The third-order valence-electron chi connectivity index (χ3n) is 2.52. The highest BCUT2D eigenvalue weighted by atomic mass is 16.5. The van der Waals surface area contributed by atoms with Crippen LogP contribution >= 0.6 is 0 Å². The molecule has 3 heterocycles. The van der Waals surface area contributed by atoms with Gasteiger partial charge < -0.3 is 15.0 Å². The summed E-state index contributed by atoms with van der Waals surface area (Å²) in [6.45, 7) is 1.92. The number of anilines is 2. The van der Waals surface area contributed by atoms with Crippen LogP contribution in [0.15, 0.2) is 18.3 Å². The zero-order chi connectivity index (χ0) is 12.5. The van der Waals surface area contributed by atoms with Crippen LogP contribution in [0.5, 0.6) is 5.88 Å². The number of nitrogens with zero attached hydrogens (tertiary/aromatic N) is 3. The lowest BCUT2D eigenvalue weighted by Gasteiger charge is -2.04. The number of hydrogen-bond donors (Lipinski definition) is 3. The molecule has 3 N–H and O–H groups in total. The summed E-state index contributed by atoms with van der Waals surface area (Å²) in [4.78, 5) is 11.6. The maximum Gasteiger partial charge on any atom is 0.233 e. The zero-order valence-electron chi connectivity index (χ0n) is 9.98. The fourth-order valence-corrected chi connectivity index (χ4v) is 1.72. The lowest BCUT2D eigenvalue weighted by molar-refractivity contribution is 0.403. The molecule has 3 aromatic rings. The Hall–Kier alpha value is -2.57. The molecular weight excluding hydrogens is 232 g/mol. The van der Waals surface area contributed by atoms with E-state index in [1.807, 2.05) is 19.1 Å². The first-order valence-corrected chi connectivity index (χ1v) is 5.44. The Morgan fingerprint density at radius 3 is 2.94 bits per heavy atom. The van der Waals surface area contributed by atoms with Crippen molar-refractivity contribution in [2.24, 2.45) is 0 Å². The molecule has 18 heavy (non-hydrogen) atoms. The van der Waals surface area contributed by atoms with Crippen molar-refractivity contribution in [2.45, 2.75) is 6.92 Å². The van der Waals surface area contributed by atoms with Gasteiger partial charge in [0.25, 0.3) is 0 Å². The summed E-state index contributed by atoms with van der Waals surface area (Å²) in [5, 5.41) is 10.8. The Balaban J connectivity index is 2.01. The monoisotopic (exact) mass is 244 g/mol. The van der Waals surface area contributed by atoms with Crippen molar-refractivity contribution in [2.75, 3.05) is 12.4 Å². The Labute approximate surface area is 103 Å². The number of hydrogen-bond acceptors (Lipinski definition) is 5. The van der Waals surface area contributed by atoms with Crippen LogP contribution < -0.4 is 10.1 Å². The minimum Gasteiger partial charge on any atom is -0.480 e. The van der Waals surface area contributed by atoms with E-state index < -0.39 is 0 Å². The number of aryl methyl sites for hydroxylation is 1. The van der Waals surface area contributed by atoms with Gasteiger partial charge in [-0.2, -0.15) is 15.1 Å². The van der Waals surface area contributed by atoms with Crippen LogP contribution in [-0.2, 0) is 0 Å². The molecule has 0 spiro atoms. The Bertz CT molecular complexity index is 686. The fourth-order valence-electron chi connectivity index (χ4n) is 1.72. The van der Waals surface area contributed by atoms with E-state index >= 15 is 0 Å². The smallest absolute Gasteiger partial charge is 0.233 e. The van der Waals surface area contributed by atoms with Crippen molar-refractivity contribution in [3.05, 3.63) is 24.0 Å². The summed E-state index contributed by atoms with van der Waals surface area (Å²) >= 11 is 0. The molecule has 3 rings (SSSR count). The van der Waals surface area contributed by atoms with E-state index in [0.717, 1.165) is 16.7 Å². The molecule has 7 heteroatoms. The molecule has 0 bridgehead atoms. The molecule has 0 atom stereocenters. The van der Waals surface area contributed by atoms with Crippen LogP contribution in [-0.4, -0.2) is 32.3 Å². The van der Waals surface area contributed by atoms with Crippen LogP contribution in [0.25, 0.3) is 11.0 Å². The molecule has 0 aliphatic rings. The molecule has 3 aromatic heterocycles. The maximum absolute atomic E-state index is 5.23. The summed E-state index contributed by atoms with van der Waals surface area (Å²) in [6, 6.07) is 3.74. The SMILES string of the molecule is COc1nc(Nc2cc(C)[nH]n2)nc2[nH]ccc12. The van der Waals surface area contributed by atoms with Crippen LogP contribution in [0.4, 0.5) is 11.8 Å². The maximum atomic E-state index is 5.23. The lowest BCUT2D eigenvalue weighted by atomic mass is 10.4. The molecule has 0 unspecified atom stereocenters. The van der Waals surface area contributed by atoms with Crippen molar-refractivity contribution in [3.8, 4) is 5.88 Å². The van der Waals surface area contributed by atoms with Gasteiger partial charge in [0.15, 0.2) is 5.82 Å². The average molecular weight is 244 g/mol. The molecule has 0 saturated heterocycles. The minimum absolute atomic E-state index is 0.438. The van der Waals surface area contributed by atoms with E-state index in [1.165, 1.54) is 0 Å². The average Bonchev–Trinajstić information content (AvgIpc) is 2.97. The first kappa shape index (κ1) is 10.6. The Kier molecular flexibility index (Phi) is 2.36. The summed E-state index contributed by atoms with van der Waals surface area (Å²) in [7, 11) is 1.58. The highest BCUT2D eigenvalue weighted by molar-refractivity contribution is 5.82. The van der Waals surface area contributed by atoms with Crippen LogP contribution in [0.3, 0.4) is 0 Å². The largest absolute Gasteiger partial charge is 0.480 e. The van der Waals surface area contributed by atoms with Gasteiger partial charge in [-0.3, -0.25) is 5.10 Å². The number of H-pyrrole nitrogens is 2. The Morgan fingerprint density at radius 2 is 2.22 bits per heavy atom. The first-order chi connectivity index (χ1) is 8.76. The van der Waals surface area contributed by atoms with E-state index in [9.17, 15) is 0 Å². The van der Waals surface area contributed by atoms with Gasteiger partial charge in [-0.05, 0) is 13.0 Å². The molecule has 0 saturated carbocycles. The summed E-state index contributed by atoms with van der Waals surface area (Å²) in [5.41, 5.74) is 1.68. The number of nitrogens with one attached hydrogen (secondary N) is 3. The van der Waals surface area contributed by atoms with Gasteiger partial charge in [0.1, 0.15) is 5.65 Å². The number of ether oxygens (including phenoxy) is 1. The van der Waals surface area contributed by atoms with Crippen LogP contribution in [0.1, 0.15) is 5.69 Å². The third kappa shape index (κ3) is 1.75. The number of rotatable bonds is 3. The predicted octanol–water partition coefficient (Wildman–Crippen LogP) is 1.74. The van der Waals surface area contributed by atoms with E-state index in [4.69, 9.17) is 4.74 Å². The standard InChI is InChI=1S/C11H12N6O/c1-6-5-8(17-16-6)13-11-14-9-7(3-4-12-9)10(15-11)18-2/h3-5H,1-2H3,(H3,12,13,14,15,16,17). The number of methoxy groups -OCH3 is 1. The topological polar surface area (TPSA) is 91.5 Å². The van der Waals surface area contributed by atoms with Crippen molar-refractivity contribution in [1.82, 2.24) is 25.1 Å². The lowest BCUT2D eigenvalue weighted by Crippen LogP contribution is -2.00. The van der Waals surface area contributed by atoms with Gasteiger partial charge in [-0.25, -0.2) is 0 Å². The van der Waals surface area contributed by atoms with E-state index in [1.54, 1.807) is 13.3 Å². The van der Waals surface area contributed by atoms with Crippen LogP contribution in [0.2, 0.25) is 0 Å². The van der Waals surface area contributed by atoms with Gasteiger partial charge in [0.05, 0.1) is 12.5 Å². The van der Waals surface area contributed by atoms with Crippen molar-refractivity contribution < 1.29 is 4.74 Å². The second-order valence-electron chi connectivity index (χ2n) is 3.86. The molecular formula is C11H12N6O. The van der Waals surface area contributed by atoms with Crippen molar-refractivity contribution in [3.63, 3.8) is 0 Å². The third-order valence-corrected chi connectivity index (χ3v) is 2.52. The van der Waals surface area contributed by atoms with E-state index in [0.29, 0.717) is 17.6 Å². The van der Waals surface area contributed by atoms with Gasteiger partial charge in [-0.15, -0.1) is 0 Å². The Morgan fingerprint density at radius 1 is 1.33 bits per heavy atom. The molecule has 0 aromatic carbocycles. The molecule has 0 radical (unpaired) electrons. The quantitative estimate of drug-likeness (QED) is 0.652. The van der Waals surface area contributed by atoms with Gasteiger partial charge >= 0.3 is 0 Å². The number of aromatic amines is 2. The van der Waals surface area contributed by atoms with E-state index in [2.05, 4.69) is 30.5 Å². The van der Waals surface area contributed by atoms with Crippen molar-refractivity contribution in [1.29, 1.82) is 0 Å². The summed E-state index contributed by atoms with van der Waals surface area (Å²) in [6.07, 6.45) is 1.80. The highest BCUT2D eigenvalue weighted by Crippen LogP contribution is 2.23. The molecule has 0 amide bonds. The fraction of sp³-hybridized carbons (Fsp3) is 0.182. The van der Waals surface area contributed by atoms with Gasteiger partial charge in [0.2, 0.25) is 11.8 Å². The minimum atomic E-state index is 0.438. The number of fused-ring (bicyclic) bond motifs is 1. The van der Waals surface area contributed by atoms with Gasteiger partial charge in [0, 0.05) is 18.0 Å². The first-order valence-electron chi connectivity index (χ1n) is 5.44. The second-order valence-corrected chi connectivity index (χ2v) is 3.86. The molecule has 0 aliphatic heterocycles. The second kappa shape index (κ2) is 4.02. The molecule has 7 nitrogen and oxygen atoms in total. The number of aromatic nitrogens is 5. The zero-order valence-corrected chi connectivity index (χ0v) is 9.98. The summed E-state index contributed by atoms with van der Waals surface area (Å²) < 4.78 is 5.23. The van der Waals surface area contributed by atoms with E-state index in [-0.39, 0.29) is 0 Å². The normalized spacial score (nSPS) is 10.8.